The molecule has 32 heavy (non-hydrogen) atoms. The lowest BCUT2D eigenvalue weighted by molar-refractivity contribution is 0.0993. The van der Waals surface area contributed by atoms with Crippen LogP contribution in [-0.4, -0.2) is 77.8 Å². The van der Waals surface area contributed by atoms with Crippen molar-refractivity contribution in [3.8, 4) is 17.2 Å². The van der Waals surface area contributed by atoms with Crippen LogP contribution < -0.4 is 18.9 Å². The third-order valence-electron chi connectivity index (χ3n) is 6.08. The van der Waals surface area contributed by atoms with Crippen molar-refractivity contribution >= 4 is 10.0 Å². The molecule has 8 nitrogen and oxygen atoms in total. The number of nitrogens with one attached hydrogen (secondary N) is 1. The zero-order valence-corrected chi connectivity index (χ0v) is 19.4. The molecule has 2 aromatic rings. The molecule has 2 aliphatic rings. The highest BCUT2D eigenvalue weighted by molar-refractivity contribution is 7.89. The maximum Gasteiger partial charge on any atom is 0.240 e. The number of likely N-dealkylation sites (N-methyl/N-ethyl adjacent to an activating group) is 1. The van der Waals surface area contributed by atoms with Crippen molar-refractivity contribution in [1.82, 2.24) is 14.5 Å². The average Bonchev–Trinajstić information content (AvgIpc) is 2.84. The smallest absolute Gasteiger partial charge is 0.240 e. The van der Waals surface area contributed by atoms with Crippen LogP contribution in [0.2, 0.25) is 0 Å². The molecule has 1 N–H and O–H groups in total. The lowest BCUT2D eigenvalue weighted by atomic mass is 10.0. The third kappa shape index (κ3) is 5.01. The molecule has 0 saturated carbocycles. The molecule has 0 amide bonds. The van der Waals surface area contributed by atoms with E-state index in [1.807, 2.05) is 24.3 Å². The summed E-state index contributed by atoms with van der Waals surface area (Å²) in [4.78, 5) is 4.89. The Morgan fingerprint density at radius 1 is 1.03 bits per heavy atom. The predicted octanol–water partition coefficient (Wildman–Crippen LogP) is 2.12. The van der Waals surface area contributed by atoms with Gasteiger partial charge in [0.2, 0.25) is 10.0 Å². The zero-order valence-electron chi connectivity index (χ0n) is 18.6. The van der Waals surface area contributed by atoms with Crippen molar-refractivity contribution in [2.24, 2.45) is 0 Å². The second-order valence-electron chi connectivity index (χ2n) is 7.89. The molecule has 174 valence electrons. The molecule has 0 unspecified atom stereocenters. The average molecular weight is 462 g/mol. The van der Waals surface area contributed by atoms with E-state index in [-0.39, 0.29) is 17.5 Å². The van der Waals surface area contributed by atoms with E-state index < -0.39 is 10.0 Å². The van der Waals surface area contributed by atoms with Gasteiger partial charge < -0.3 is 19.1 Å². The molecule has 0 spiro atoms. The first-order valence-electron chi connectivity index (χ1n) is 11.0. The first-order valence-corrected chi connectivity index (χ1v) is 12.5. The Morgan fingerprint density at radius 3 is 2.47 bits per heavy atom. The highest BCUT2D eigenvalue weighted by Crippen LogP contribution is 2.33. The molecule has 1 atom stereocenters. The number of hydrogen-bond donors (Lipinski definition) is 1. The lowest BCUT2D eigenvalue weighted by Crippen LogP contribution is -2.49. The van der Waals surface area contributed by atoms with Crippen molar-refractivity contribution in [3.05, 3.63) is 48.0 Å². The number of nitrogens with zero attached hydrogens (tertiary/aromatic N) is 2. The molecular weight excluding hydrogens is 430 g/mol. The highest BCUT2D eigenvalue weighted by atomic mass is 32.2. The van der Waals surface area contributed by atoms with Crippen molar-refractivity contribution in [2.45, 2.75) is 17.9 Å². The number of sulfonamides is 1. The van der Waals surface area contributed by atoms with Gasteiger partial charge in [-0.3, -0.25) is 4.90 Å². The van der Waals surface area contributed by atoms with Gasteiger partial charge in [0.15, 0.2) is 11.5 Å². The Kier molecular flexibility index (Phi) is 7.20. The topological polar surface area (TPSA) is 80.3 Å². The highest BCUT2D eigenvalue weighted by Gasteiger charge is 2.29. The number of benzene rings is 2. The van der Waals surface area contributed by atoms with Gasteiger partial charge in [0.05, 0.1) is 18.0 Å². The first-order chi connectivity index (χ1) is 15.5. The standard InChI is InChI=1S/C23H31N3O5S/c1-3-25-10-12-26(13-11-25)20(19-6-4-5-7-21(19)29-2)17-24-32(27,28)18-8-9-22-23(16-18)31-15-14-30-22/h4-9,16,20,24H,3,10-15,17H2,1-2H3/t20-/m0/s1. The van der Waals surface area contributed by atoms with Gasteiger partial charge in [-0.05, 0) is 24.7 Å². The summed E-state index contributed by atoms with van der Waals surface area (Å²) >= 11 is 0. The Bertz CT molecular complexity index is 1020. The largest absolute Gasteiger partial charge is 0.496 e. The summed E-state index contributed by atoms with van der Waals surface area (Å²) in [6.45, 7) is 7.92. The minimum Gasteiger partial charge on any atom is -0.496 e. The summed E-state index contributed by atoms with van der Waals surface area (Å²) < 4.78 is 45.7. The Morgan fingerprint density at radius 2 is 1.75 bits per heavy atom. The summed E-state index contributed by atoms with van der Waals surface area (Å²) in [5.74, 6) is 1.78. The van der Waals surface area contributed by atoms with Crippen molar-refractivity contribution in [3.63, 3.8) is 0 Å². The van der Waals surface area contributed by atoms with Crippen LogP contribution in [0.15, 0.2) is 47.4 Å². The molecule has 2 aliphatic heterocycles. The number of hydrogen-bond acceptors (Lipinski definition) is 7. The monoisotopic (exact) mass is 461 g/mol. The number of fused-ring (bicyclic) bond motifs is 1. The van der Waals surface area contributed by atoms with Crippen LogP contribution in [0.1, 0.15) is 18.5 Å². The Hall–Kier alpha value is -2.33. The minimum absolute atomic E-state index is 0.142. The summed E-state index contributed by atoms with van der Waals surface area (Å²) in [5, 5.41) is 0. The fraction of sp³-hybridized carbons (Fsp3) is 0.478. The first kappa shape index (κ1) is 22.8. The molecule has 0 aliphatic carbocycles. The van der Waals surface area contributed by atoms with Crippen LogP contribution in [-0.2, 0) is 10.0 Å². The molecule has 1 fully saturated rings. The number of para-hydroxylation sites is 1. The van der Waals surface area contributed by atoms with Gasteiger partial charge in [0.1, 0.15) is 19.0 Å². The Labute approximate surface area is 190 Å². The van der Waals surface area contributed by atoms with Crippen LogP contribution >= 0.6 is 0 Å². The maximum atomic E-state index is 13.1. The van der Waals surface area contributed by atoms with Gasteiger partial charge in [-0.15, -0.1) is 0 Å². The summed E-state index contributed by atoms with van der Waals surface area (Å²) in [6.07, 6.45) is 0. The van der Waals surface area contributed by atoms with E-state index in [1.54, 1.807) is 19.2 Å². The van der Waals surface area contributed by atoms with E-state index in [2.05, 4.69) is 21.4 Å². The molecule has 2 heterocycles. The maximum absolute atomic E-state index is 13.1. The van der Waals surface area contributed by atoms with Gasteiger partial charge in [-0.2, -0.15) is 0 Å². The summed E-state index contributed by atoms with van der Waals surface area (Å²) in [7, 11) is -2.09. The van der Waals surface area contributed by atoms with Gasteiger partial charge in [-0.1, -0.05) is 25.1 Å². The van der Waals surface area contributed by atoms with Crippen molar-refractivity contribution < 1.29 is 22.6 Å². The molecule has 0 radical (unpaired) electrons. The number of ether oxygens (including phenoxy) is 3. The van der Waals surface area contributed by atoms with E-state index in [4.69, 9.17) is 14.2 Å². The van der Waals surface area contributed by atoms with Gasteiger partial charge in [0.25, 0.3) is 0 Å². The zero-order chi connectivity index (χ0) is 22.6. The molecule has 9 heteroatoms. The summed E-state index contributed by atoms with van der Waals surface area (Å²) in [5.41, 5.74) is 0.977. The van der Waals surface area contributed by atoms with Crippen LogP contribution in [0.25, 0.3) is 0 Å². The quantitative estimate of drug-likeness (QED) is 0.645. The van der Waals surface area contributed by atoms with Gasteiger partial charge in [0, 0.05) is 44.4 Å². The number of rotatable bonds is 8. The molecule has 2 aromatic carbocycles. The number of piperazine rings is 1. The van der Waals surface area contributed by atoms with Crippen LogP contribution in [0.3, 0.4) is 0 Å². The van der Waals surface area contributed by atoms with Crippen LogP contribution in [0, 0.1) is 0 Å². The molecule has 1 saturated heterocycles. The molecule has 4 rings (SSSR count). The normalized spacial score (nSPS) is 18.3. The fourth-order valence-corrected chi connectivity index (χ4v) is 5.28. The lowest BCUT2D eigenvalue weighted by Gasteiger charge is -2.39. The predicted molar refractivity (Wildman–Crippen MR) is 122 cm³/mol. The van der Waals surface area contributed by atoms with Crippen molar-refractivity contribution in [2.75, 3.05) is 59.6 Å². The van der Waals surface area contributed by atoms with E-state index in [9.17, 15) is 8.42 Å². The van der Waals surface area contributed by atoms with E-state index in [0.717, 1.165) is 44.0 Å². The van der Waals surface area contributed by atoms with Crippen LogP contribution in [0.4, 0.5) is 0 Å². The molecule has 0 aromatic heterocycles. The van der Waals surface area contributed by atoms with Crippen molar-refractivity contribution in [1.29, 1.82) is 0 Å². The minimum atomic E-state index is -3.73. The van der Waals surface area contributed by atoms with E-state index >= 15 is 0 Å². The summed E-state index contributed by atoms with van der Waals surface area (Å²) in [6, 6.07) is 12.4. The van der Waals surface area contributed by atoms with E-state index in [0.29, 0.717) is 24.7 Å². The second kappa shape index (κ2) is 10.1. The Balaban J connectivity index is 1.55. The van der Waals surface area contributed by atoms with Gasteiger partial charge in [-0.25, -0.2) is 13.1 Å². The fourth-order valence-electron chi connectivity index (χ4n) is 4.23. The van der Waals surface area contributed by atoms with Gasteiger partial charge >= 0.3 is 0 Å². The SMILES string of the molecule is CCN1CCN([C@@H](CNS(=O)(=O)c2ccc3c(c2)OCCO3)c2ccccc2OC)CC1. The number of methoxy groups -OCH3 is 1. The second-order valence-corrected chi connectivity index (χ2v) is 9.65. The van der Waals surface area contributed by atoms with E-state index in [1.165, 1.54) is 6.07 Å². The molecule has 0 bridgehead atoms. The molecular formula is C23H31N3O5S. The van der Waals surface area contributed by atoms with Crippen LogP contribution in [0.5, 0.6) is 17.2 Å². The third-order valence-corrected chi connectivity index (χ3v) is 7.50.